The normalized spacial score (nSPS) is 10.6. The number of fused-ring (bicyclic) bond motifs is 1. The Balaban J connectivity index is 1.96. The lowest BCUT2D eigenvalue weighted by molar-refractivity contribution is 0.0994. The Bertz CT molecular complexity index is 894. The molecule has 0 fully saturated rings. The van der Waals surface area contributed by atoms with Crippen LogP contribution in [0.4, 0.5) is 0 Å². The first-order valence-electron chi connectivity index (χ1n) is 7.59. The van der Waals surface area contributed by atoms with Gasteiger partial charge in [-0.1, -0.05) is 42.5 Å². The van der Waals surface area contributed by atoms with Gasteiger partial charge in [0.1, 0.15) is 0 Å². The minimum atomic E-state index is -0.0439. The largest absolute Gasteiger partial charge is 0.504 e. The third-order valence-electron chi connectivity index (χ3n) is 3.97. The second kappa shape index (κ2) is 6.62. The number of methoxy groups -OCH3 is 2. The summed E-state index contributed by atoms with van der Waals surface area (Å²) < 4.78 is 10.3. The van der Waals surface area contributed by atoms with Gasteiger partial charge in [-0.05, 0) is 28.5 Å². The molecule has 0 aromatic heterocycles. The Morgan fingerprint density at radius 2 is 1.75 bits per heavy atom. The molecule has 0 saturated carbocycles. The molecule has 0 aliphatic heterocycles. The molecule has 0 bridgehead atoms. The molecule has 122 valence electrons. The number of aromatic hydroxyl groups is 1. The minimum absolute atomic E-state index is 0.0154. The van der Waals surface area contributed by atoms with Crippen LogP contribution in [0.25, 0.3) is 10.8 Å². The van der Waals surface area contributed by atoms with Gasteiger partial charge in [0.25, 0.3) is 0 Å². The smallest absolute Gasteiger partial charge is 0.203 e. The zero-order valence-corrected chi connectivity index (χ0v) is 13.6. The lowest BCUT2D eigenvalue weighted by Gasteiger charge is -2.12. The fourth-order valence-electron chi connectivity index (χ4n) is 2.85. The van der Waals surface area contributed by atoms with Gasteiger partial charge in [-0.3, -0.25) is 4.79 Å². The fraction of sp³-hybridized carbons (Fsp3) is 0.150. The lowest BCUT2D eigenvalue weighted by Crippen LogP contribution is -2.05. The number of phenols is 1. The number of phenolic OH excluding ortho intramolecular Hbond substituents is 1. The molecule has 1 N–H and O–H groups in total. The van der Waals surface area contributed by atoms with Crippen LogP contribution in [-0.2, 0) is 6.42 Å². The van der Waals surface area contributed by atoms with Crippen molar-refractivity contribution >= 4 is 16.6 Å². The highest BCUT2D eigenvalue weighted by atomic mass is 16.5. The highest BCUT2D eigenvalue weighted by molar-refractivity contribution is 6.08. The number of benzene rings is 3. The number of ketones is 1. The average molecular weight is 322 g/mol. The SMILES string of the molecule is COc1cc(CC(=O)c2cccc3ccccc23)cc(O)c1OC. The molecule has 4 nitrogen and oxygen atoms in total. The zero-order chi connectivity index (χ0) is 17.1. The van der Waals surface area contributed by atoms with Crippen LogP contribution in [0.15, 0.2) is 54.6 Å². The molecule has 0 unspecified atom stereocenters. The van der Waals surface area contributed by atoms with Gasteiger partial charge in [-0.25, -0.2) is 0 Å². The molecule has 0 heterocycles. The Morgan fingerprint density at radius 1 is 1.00 bits per heavy atom. The van der Waals surface area contributed by atoms with E-state index in [9.17, 15) is 9.90 Å². The summed E-state index contributed by atoms with van der Waals surface area (Å²) in [5.74, 6) is 0.605. The average Bonchev–Trinajstić information content (AvgIpc) is 2.60. The highest BCUT2D eigenvalue weighted by Crippen LogP contribution is 2.37. The number of carbonyl (C=O) groups excluding carboxylic acids is 1. The van der Waals surface area contributed by atoms with E-state index in [-0.39, 0.29) is 23.7 Å². The van der Waals surface area contributed by atoms with Crippen molar-refractivity contribution in [1.82, 2.24) is 0 Å². The molecule has 0 spiro atoms. The Hall–Kier alpha value is -3.01. The maximum absolute atomic E-state index is 12.7. The summed E-state index contributed by atoms with van der Waals surface area (Å²) in [5.41, 5.74) is 1.34. The van der Waals surface area contributed by atoms with Crippen molar-refractivity contribution in [3.8, 4) is 17.2 Å². The molecule has 0 aliphatic rings. The molecular weight excluding hydrogens is 304 g/mol. The third kappa shape index (κ3) is 2.91. The molecule has 3 aromatic carbocycles. The van der Waals surface area contributed by atoms with E-state index in [1.807, 2.05) is 42.5 Å². The van der Waals surface area contributed by atoms with Crippen molar-refractivity contribution in [2.45, 2.75) is 6.42 Å². The van der Waals surface area contributed by atoms with Gasteiger partial charge in [0, 0.05) is 12.0 Å². The highest BCUT2D eigenvalue weighted by Gasteiger charge is 2.15. The minimum Gasteiger partial charge on any atom is -0.504 e. The number of Topliss-reactive ketones (excluding diaryl/α,β-unsaturated/α-hetero) is 1. The monoisotopic (exact) mass is 322 g/mol. The maximum Gasteiger partial charge on any atom is 0.203 e. The standard InChI is InChI=1S/C20H18O4/c1-23-19-12-13(11-18(22)20(19)24-2)10-17(21)16-9-5-7-14-6-3-4-8-15(14)16/h3-9,11-12,22H,10H2,1-2H3. The van der Waals surface area contributed by atoms with Crippen molar-refractivity contribution in [2.24, 2.45) is 0 Å². The van der Waals surface area contributed by atoms with E-state index < -0.39 is 0 Å². The van der Waals surface area contributed by atoms with Crippen molar-refractivity contribution in [3.63, 3.8) is 0 Å². The second-order valence-corrected chi connectivity index (χ2v) is 5.48. The Morgan fingerprint density at radius 3 is 2.50 bits per heavy atom. The summed E-state index contributed by atoms with van der Waals surface area (Å²) in [6.45, 7) is 0. The van der Waals surface area contributed by atoms with Gasteiger partial charge in [0.2, 0.25) is 5.75 Å². The number of ether oxygens (including phenoxy) is 2. The van der Waals surface area contributed by atoms with Crippen LogP contribution in [0.1, 0.15) is 15.9 Å². The van der Waals surface area contributed by atoms with Gasteiger partial charge in [-0.2, -0.15) is 0 Å². The maximum atomic E-state index is 12.7. The van der Waals surface area contributed by atoms with E-state index in [1.54, 1.807) is 6.07 Å². The summed E-state index contributed by atoms with van der Waals surface area (Å²) in [5, 5.41) is 12.0. The number of rotatable bonds is 5. The van der Waals surface area contributed by atoms with Crippen LogP contribution in [-0.4, -0.2) is 25.1 Å². The molecule has 0 atom stereocenters. The first-order valence-corrected chi connectivity index (χ1v) is 7.59. The van der Waals surface area contributed by atoms with Gasteiger partial charge >= 0.3 is 0 Å². The molecule has 4 heteroatoms. The van der Waals surface area contributed by atoms with Crippen LogP contribution in [0, 0.1) is 0 Å². The predicted octanol–water partition coefficient (Wildman–Crippen LogP) is 3.99. The van der Waals surface area contributed by atoms with E-state index in [0.717, 1.165) is 10.8 Å². The van der Waals surface area contributed by atoms with E-state index in [1.165, 1.54) is 20.3 Å². The topological polar surface area (TPSA) is 55.8 Å². The van der Waals surface area contributed by atoms with Gasteiger partial charge < -0.3 is 14.6 Å². The van der Waals surface area contributed by atoms with Gasteiger partial charge in [0.05, 0.1) is 14.2 Å². The molecule has 0 amide bonds. The Kier molecular flexibility index (Phi) is 4.38. The second-order valence-electron chi connectivity index (χ2n) is 5.48. The lowest BCUT2D eigenvalue weighted by atomic mass is 9.97. The van der Waals surface area contributed by atoms with Crippen LogP contribution in [0.3, 0.4) is 0 Å². The van der Waals surface area contributed by atoms with E-state index in [0.29, 0.717) is 16.9 Å². The fourth-order valence-corrected chi connectivity index (χ4v) is 2.85. The van der Waals surface area contributed by atoms with Crippen LogP contribution in [0.2, 0.25) is 0 Å². The summed E-state index contributed by atoms with van der Waals surface area (Å²) in [6, 6.07) is 16.7. The third-order valence-corrected chi connectivity index (χ3v) is 3.97. The molecular formula is C20H18O4. The molecule has 0 saturated heterocycles. The quantitative estimate of drug-likeness (QED) is 0.722. The van der Waals surface area contributed by atoms with Gasteiger partial charge in [-0.15, -0.1) is 0 Å². The number of hydrogen-bond donors (Lipinski definition) is 1. The van der Waals surface area contributed by atoms with Crippen molar-refractivity contribution in [1.29, 1.82) is 0 Å². The molecule has 0 radical (unpaired) electrons. The first-order chi connectivity index (χ1) is 11.6. The van der Waals surface area contributed by atoms with Crippen LogP contribution >= 0.6 is 0 Å². The zero-order valence-electron chi connectivity index (χ0n) is 13.6. The van der Waals surface area contributed by atoms with Gasteiger partial charge in [0.15, 0.2) is 17.3 Å². The van der Waals surface area contributed by atoms with Crippen LogP contribution in [0.5, 0.6) is 17.2 Å². The summed E-state index contributed by atoms with van der Waals surface area (Å²) in [6.07, 6.45) is 0.169. The van der Waals surface area contributed by atoms with Crippen molar-refractivity contribution in [3.05, 3.63) is 65.7 Å². The number of carbonyl (C=O) groups is 1. The summed E-state index contributed by atoms with van der Waals surface area (Å²) >= 11 is 0. The van der Waals surface area contributed by atoms with E-state index in [4.69, 9.17) is 9.47 Å². The molecule has 3 rings (SSSR count). The van der Waals surface area contributed by atoms with E-state index >= 15 is 0 Å². The summed E-state index contributed by atoms with van der Waals surface area (Å²) in [7, 11) is 2.95. The van der Waals surface area contributed by atoms with Crippen LogP contribution < -0.4 is 9.47 Å². The molecule has 3 aromatic rings. The predicted molar refractivity (Wildman–Crippen MR) is 93.2 cm³/mol. The number of hydrogen-bond acceptors (Lipinski definition) is 4. The van der Waals surface area contributed by atoms with Crippen molar-refractivity contribution < 1.29 is 19.4 Å². The molecule has 0 aliphatic carbocycles. The van der Waals surface area contributed by atoms with Crippen molar-refractivity contribution in [2.75, 3.05) is 14.2 Å². The first kappa shape index (κ1) is 15.9. The summed E-state index contributed by atoms with van der Waals surface area (Å²) in [4.78, 5) is 12.7. The molecule has 24 heavy (non-hydrogen) atoms. The Labute approximate surface area is 140 Å². The van der Waals surface area contributed by atoms with E-state index in [2.05, 4.69) is 0 Å².